The molecule has 0 amide bonds. The maximum Gasteiger partial charge on any atom is 0.360 e. The lowest BCUT2D eigenvalue weighted by molar-refractivity contribution is -0.133. The lowest BCUT2D eigenvalue weighted by Gasteiger charge is -2.36. The first-order valence-corrected chi connectivity index (χ1v) is 18.7. The zero-order valence-electron chi connectivity index (χ0n) is 32.8. The van der Waals surface area contributed by atoms with Crippen molar-refractivity contribution in [3.8, 4) is 0 Å². The number of aliphatic hydroxyl groups is 1. The van der Waals surface area contributed by atoms with Crippen molar-refractivity contribution in [2.75, 3.05) is 7.11 Å². The number of Topliss-reactive ketones (excluding diaryl/α,β-unsaturated/α-hetero) is 1. The molecule has 4 rings (SSSR count). The summed E-state index contributed by atoms with van der Waals surface area (Å²) >= 11 is 0. The van der Waals surface area contributed by atoms with Crippen molar-refractivity contribution in [3.63, 3.8) is 0 Å². The van der Waals surface area contributed by atoms with Crippen LogP contribution in [-0.2, 0) is 30.2 Å². The van der Waals surface area contributed by atoms with E-state index in [1.807, 2.05) is 76.3 Å². The SMILES string of the molecule is C/C=C/C(O)C(C)(C)C1C/C=C\C2OC2/C=C/C=C/c2nc(co2)C(=O)OC(C(C)(C)C(=O)CCC)C\C=C/C=C\C=C\C(OC)Cc2nc(co2)C(=O)O1. The lowest BCUT2D eigenvalue weighted by atomic mass is 9.78. The first-order valence-electron chi connectivity index (χ1n) is 18.7. The first kappa shape index (κ1) is 42.8. The Balaban J connectivity index is 1.58. The van der Waals surface area contributed by atoms with Crippen molar-refractivity contribution in [3.05, 3.63) is 115 Å². The van der Waals surface area contributed by atoms with Crippen molar-refractivity contribution in [2.24, 2.45) is 10.8 Å². The predicted octanol–water partition coefficient (Wildman–Crippen LogP) is 7.69. The number of nitrogens with zero attached hydrogens (tertiary/aromatic N) is 2. The van der Waals surface area contributed by atoms with E-state index in [2.05, 4.69) is 9.97 Å². The second-order valence-corrected chi connectivity index (χ2v) is 14.6. The van der Waals surface area contributed by atoms with Crippen LogP contribution in [0, 0.1) is 10.8 Å². The van der Waals surface area contributed by atoms with E-state index >= 15 is 0 Å². The molecule has 12 nitrogen and oxygen atoms in total. The zero-order chi connectivity index (χ0) is 40.0. The highest BCUT2D eigenvalue weighted by molar-refractivity contribution is 5.89. The second kappa shape index (κ2) is 20.1. The van der Waals surface area contributed by atoms with Gasteiger partial charge in [-0.1, -0.05) is 99.8 Å². The number of allylic oxidation sites excluding steroid dienone is 7. The highest BCUT2D eigenvalue weighted by Crippen LogP contribution is 2.33. The summed E-state index contributed by atoms with van der Waals surface area (Å²) in [7, 11) is 1.56. The molecule has 4 bridgehead atoms. The molecule has 2 aromatic heterocycles. The van der Waals surface area contributed by atoms with Gasteiger partial charge in [0, 0.05) is 37.9 Å². The Kier molecular flexibility index (Phi) is 15.7. The quantitative estimate of drug-likeness (QED) is 0.159. The molecular formula is C43H54N2O10. The van der Waals surface area contributed by atoms with Gasteiger partial charge in [-0.2, -0.15) is 0 Å². The van der Waals surface area contributed by atoms with Crippen LogP contribution in [0.2, 0.25) is 0 Å². The standard InChI is InChI=1S/C43H54N2O10/c1-8-18-34(46)42(3,4)36-23-14-12-10-11-13-20-29(50-7)26-39-45-31(28-52-39)41(49)55-37(43(5,6)35(47)19-9-2)24-17-22-33-32(53-33)21-15-16-25-38-44-30(27-51-38)40(48)54-36/h9-17,19-22,25,27-29,32-33,35-37,47H,8,18,23-24,26H2,1-7H3/b11-10-,14-12-,19-9+,20-13+,21-15+,22-17-,25-16+. The van der Waals surface area contributed by atoms with E-state index in [0.29, 0.717) is 31.6 Å². The van der Waals surface area contributed by atoms with Crippen LogP contribution in [0.25, 0.3) is 6.08 Å². The summed E-state index contributed by atoms with van der Waals surface area (Å²) in [6.07, 6.45) is 26.4. The number of aliphatic hydroxyl groups excluding tert-OH is 1. The van der Waals surface area contributed by atoms with Gasteiger partial charge in [0.15, 0.2) is 17.3 Å². The summed E-state index contributed by atoms with van der Waals surface area (Å²) < 4.78 is 34.3. The van der Waals surface area contributed by atoms with Gasteiger partial charge in [-0.3, -0.25) is 4.79 Å². The molecule has 0 radical (unpaired) electrons. The third kappa shape index (κ3) is 12.3. The Labute approximate surface area is 323 Å². The van der Waals surface area contributed by atoms with Crippen molar-refractivity contribution < 1.29 is 47.3 Å². The monoisotopic (exact) mass is 758 g/mol. The molecule has 0 aromatic carbocycles. The fourth-order valence-corrected chi connectivity index (χ4v) is 5.77. The number of cyclic esters (lactones) is 2. The third-order valence-electron chi connectivity index (χ3n) is 9.67. The van der Waals surface area contributed by atoms with Gasteiger partial charge in [0.2, 0.25) is 5.89 Å². The molecular weight excluding hydrogens is 704 g/mol. The normalized spacial score (nSPS) is 27.5. The van der Waals surface area contributed by atoms with Gasteiger partial charge >= 0.3 is 11.9 Å². The van der Waals surface area contributed by atoms with Crippen LogP contribution in [0.15, 0.2) is 100 Å². The van der Waals surface area contributed by atoms with Gasteiger partial charge in [0.25, 0.3) is 0 Å². The fourth-order valence-electron chi connectivity index (χ4n) is 5.77. The minimum absolute atomic E-state index is 0.00140. The van der Waals surface area contributed by atoms with Gasteiger partial charge in [0.05, 0.1) is 24.0 Å². The third-order valence-corrected chi connectivity index (χ3v) is 9.67. The van der Waals surface area contributed by atoms with E-state index in [-0.39, 0.29) is 41.7 Å². The number of methoxy groups -OCH3 is 1. The molecule has 2 aliphatic heterocycles. The van der Waals surface area contributed by atoms with Gasteiger partial charge in [-0.05, 0) is 27.2 Å². The highest BCUT2D eigenvalue weighted by atomic mass is 16.6. The molecule has 4 heterocycles. The Morgan fingerprint density at radius 2 is 1.55 bits per heavy atom. The minimum atomic E-state index is -0.942. The molecule has 6 atom stereocenters. The Morgan fingerprint density at radius 1 is 0.891 bits per heavy atom. The van der Waals surface area contributed by atoms with E-state index in [1.165, 1.54) is 12.5 Å². The molecule has 6 unspecified atom stereocenters. The molecule has 1 saturated heterocycles. The van der Waals surface area contributed by atoms with E-state index in [0.717, 1.165) is 0 Å². The predicted molar refractivity (Wildman–Crippen MR) is 207 cm³/mol. The van der Waals surface area contributed by atoms with Gasteiger partial charge in [0.1, 0.15) is 42.7 Å². The maximum absolute atomic E-state index is 13.3. The summed E-state index contributed by atoms with van der Waals surface area (Å²) in [5.41, 5.74) is -1.78. The van der Waals surface area contributed by atoms with Crippen LogP contribution in [-0.4, -0.2) is 76.5 Å². The summed E-state index contributed by atoms with van der Waals surface area (Å²) in [4.78, 5) is 48.2. The summed E-state index contributed by atoms with van der Waals surface area (Å²) in [5.74, 6) is -0.857. The number of fused-ring (bicyclic) bond motifs is 5. The average molecular weight is 759 g/mol. The molecule has 0 saturated carbocycles. The van der Waals surface area contributed by atoms with E-state index in [4.69, 9.17) is 27.8 Å². The van der Waals surface area contributed by atoms with Crippen LogP contribution in [0.5, 0.6) is 0 Å². The number of carbonyl (C=O) groups excluding carboxylic acids is 3. The number of rotatable bonds is 8. The second-order valence-electron chi connectivity index (χ2n) is 14.6. The van der Waals surface area contributed by atoms with Crippen molar-refractivity contribution in [1.82, 2.24) is 9.97 Å². The Hall–Kier alpha value is -4.91. The van der Waals surface area contributed by atoms with Gasteiger partial charge in [-0.25, -0.2) is 19.6 Å². The number of oxazole rings is 2. The number of esters is 2. The molecule has 296 valence electrons. The molecule has 0 aliphatic carbocycles. The van der Waals surface area contributed by atoms with Crippen LogP contribution < -0.4 is 0 Å². The largest absolute Gasteiger partial charge is 0.457 e. The van der Waals surface area contributed by atoms with Crippen molar-refractivity contribution >= 4 is 23.8 Å². The van der Waals surface area contributed by atoms with Crippen molar-refractivity contribution in [2.45, 2.75) is 110 Å². The van der Waals surface area contributed by atoms with Crippen LogP contribution in [0.3, 0.4) is 0 Å². The number of aromatic nitrogens is 2. The van der Waals surface area contributed by atoms with Gasteiger partial charge in [-0.15, -0.1) is 0 Å². The van der Waals surface area contributed by atoms with Crippen LogP contribution >= 0.6 is 0 Å². The Morgan fingerprint density at radius 3 is 2.27 bits per heavy atom. The first-order chi connectivity index (χ1) is 26.3. The fraction of sp³-hybridized carbons (Fsp3) is 0.465. The molecule has 1 fully saturated rings. The number of epoxide rings is 1. The molecule has 12 heteroatoms. The topological polar surface area (TPSA) is 164 Å². The van der Waals surface area contributed by atoms with E-state index in [1.54, 1.807) is 57.4 Å². The highest BCUT2D eigenvalue weighted by Gasteiger charge is 2.40. The molecule has 0 spiro atoms. The van der Waals surface area contributed by atoms with Crippen LogP contribution in [0.4, 0.5) is 0 Å². The Bertz CT molecular complexity index is 1800. The number of carbonyl (C=O) groups is 3. The maximum atomic E-state index is 13.3. The summed E-state index contributed by atoms with van der Waals surface area (Å²) in [6, 6.07) is 0. The lowest BCUT2D eigenvalue weighted by Crippen LogP contribution is -2.42. The summed E-state index contributed by atoms with van der Waals surface area (Å²) in [6.45, 7) is 11.0. The molecule has 1 N–H and O–H groups in total. The summed E-state index contributed by atoms with van der Waals surface area (Å²) in [5, 5.41) is 10.9. The minimum Gasteiger partial charge on any atom is -0.457 e. The number of ether oxygens (including phenoxy) is 4. The molecule has 55 heavy (non-hydrogen) atoms. The van der Waals surface area contributed by atoms with E-state index in [9.17, 15) is 19.5 Å². The zero-order valence-corrected chi connectivity index (χ0v) is 32.8. The average Bonchev–Trinajstić information content (AvgIpc) is 3.47. The number of hydrogen-bond acceptors (Lipinski definition) is 12. The number of hydrogen-bond donors (Lipinski definition) is 1. The molecule has 2 aliphatic rings. The van der Waals surface area contributed by atoms with Gasteiger partial charge < -0.3 is 32.9 Å². The number of ketones is 1. The molecule has 2 aromatic rings. The van der Waals surface area contributed by atoms with Crippen molar-refractivity contribution in [1.29, 1.82) is 0 Å². The van der Waals surface area contributed by atoms with Crippen LogP contribution in [0.1, 0.15) is 100.0 Å². The smallest absolute Gasteiger partial charge is 0.360 e. The van der Waals surface area contributed by atoms with E-state index < -0.39 is 47.2 Å².